The van der Waals surface area contributed by atoms with Crippen molar-refractivity contribution in [3.63, 3.8) is 0 Å². The number of hydrogen-bond acceptors (Lipinski definition) is 3. The van der Waals surface area contributed by atoms with Crippen LogP contribution >= 0.6 is 47.2 Å². The monoisotopic (exact) mass is 511 g/mol. The van der Waals surface area contributed by atoms with Crippen LogP contribution < -0.4 is 5.32 Å². The summed E-state index contributed by atoms with van der Waals surface area (Å²) < 4.78 is 53.9. The first-order valence-corrected chi connectivity index (χ1v) is 10.4. The Labute approximate surface area is 197 Å². The van der Waals surface area contributed by atoms with Crippen LogP contribution in [0, 0.1) is 0 Å². The third-order valence-corrected chi connectivity index (χ3v) is 7.24. The molecule has 1 saturated heterocycles. The summed E-state index contributed by atoms with van der Waals surface area (Å²) in [5.74, 6) is 0. The normalized spacial score (nSPS) is 23.6. The first kappa shape index (κ1) is 23.0. The molecular weight excluding hydrogens is 497 g/mol. The van der Waals surface area contributed by atoms with Crippen LogP contribution in [0.4, 0.5) is 13.2 Å². The predicted molar refractivity (Wildman–Crippen MR) is 116 cm³/mol. The van der Waals surface area contributed by atoms with Gasteiger partial charge < -0.3 is 14.8 Å². The number of hydrogen-bond donors (Lipinski definition) is 1. The molecule has 1 spiro atoms. The lowest BCUT2D eigenvalue weighted by atomic mass is 9.83. The highest BCUT2D eigenvalue weighted by molar-refractivity contribution is 6.48. The molecule has 0 radical (unpaired) electrons. The molecule has 0 bridgehead atoms. The fourth-order valence-corrected chi connectivity index (χ4v) is 4.87. The van der Waals surface area contributed by atoms with Gasteiger partial charge in [0.15, 0.2) is 0 Å². The summed E-state index contributed by atoms with van der Waals surface area (Å²) in [6.45, 7) is 1.91. The number of halogens is 7. The molecule has 1 unspecified atom stereocenters. The first-order chi connectivity index (χ1) is 14.2. The molecule has 31 heavy (non-hydrogen) atoms. The van der Waals surface area contributed by atoms with E-state index in [1.165, 1.54) is 6.26 Å². The van der Waals surface area contributed by atoms with Gasteiger partial charge in [0.2, 0.25) is 5.60 Å². The Balaban J connectivity index is 0.00000231. The molecule has 0 aromatic heterocycles. The summed E-state index contributed by atoms with van der Waals surface area (Å²) >= 11 is 17.9. The van der Waals surface area contributed by atoms with Gasteiger partial charge in [0.05, 0.1) is 27.9 Å². The molecule has 1 N–H and O–H groups in total. The van der Waals surface area contributed by atoms with Gasteiger partial charge >= 0.3 is 6.18 Å². The first-order valence-electron chi connectivity index (χ1n) is 9.22. The van der Waals surface area contributed by atoms with E-state index < -0.39 is 18.2 Å². The van der Waals surface area contributed by atoms with Crippen LogP contribution in [0.25, 0.3) is 5.57 Å². The molecule has 166 valence electrons. The zero-order chi connectivity index (χ0) is 21.3. The van der Waals surface area contributed by atoms with E-state index in [1.54, 1.807) is 0 Å². The van der Waals surface area contributed by atoms with Crippen LogP contribution in [-0.4, -0.2) is 19.3 Å². The van der Waals surface area contributed by atoms with Crippen LogP contribution in [0.3, 0.4) is 0 Å². The third-order valence-electron chi connectivity index (χ3n) is 6.04. The van der Waals surface area contributed by atoms with E-state index in [0.717, 1.165) is 36.3 Å². The molecule has 2 aromatic carbocycles. The smallest absolute Gasteiger partial charge is 0.432 e. The van der Waals surface area contributed by atoms with E-state index in [9.17, 15) is 13.2 Å². The fraction of sp³-hybridized carbons (Fsp3) is 0.333. The van der Waals surface area contributed by atoms with Gasteiger partial charge in [-0.05, 0) is 40.5 Å². The minimum atomic E-state index is -4.70. The highest BCUT2D eigenvalue weighted by Gasteiger charge is 2.60. The largest absolute Gasteiger partial charge is 0.480 e. The molecular formula is C21H16Cl4F3NO2. The van der Waals surface area contributed by atoms with E-state index in [-0.39, 0.29) is 38.6 Å². The molecule has 1 atom stereocenters. The van der Waals surface area contributed by atoms with E-state index in [1.807, 2.05) is 18.2 Å². The maximum absolute atomic E-state index is 14.2. The lowest BCUT2D eigenvalue weighted by Gasteiger charge is -2.39. The second-order valence-corrected chi connectivity index (χ2v) is 8.97. The second-order valence-electron chi connectivity index (χ2n) is 7.77. The Kier molecular flexibility index (Phi) is 5.73. The van der Waals surface area contributed by atoms with Crippen molar-refractivity contribution in [2.75, 3.05) is 13.1 Å². The zero-order valence-electron chi connectivity index (χ0n) is 15.8. The summed E-state index contributed by atoms with van der Waals surface area (Å²) in [5, 5.41) is 3.08. The van der Waals surface area contributed by atoms with Gasteiger partial charge in [-0.2, -0.15) is 13.2 Å². The summed E-state index contributed by atoms with van der Waals surface area (Å²) in [4.78, 5) is 0. The molecule has 5 rings (SSSR count). The fourth-order valence-electron chi connectivity index (χ4n) is 4.28. The van der Waals surface area contributed by atoms with Crippen LogP contribution in [-0.2, 0) is 27.3 Å². The highest BCUT2D eigenvalue weighted by Crippen LogP contribution is 2.53. The van der Waals surface area contributed by atoms with Crippen molar-refractivity contribution in [1.29, 1.82) is 0 Å². The number of benzene rings is 2. The van der Waals surface area contributed by atoms with Gasteiger partial charge in [-0.1, -0.05) is 46.9 Å². The lowest BCUT2D eigenvalue weighted by Crippen LogP contribution is -2.56. The number of rotatable bonds is 2. The van der Waals surface area contributed by atoms with Crippen molar-refractivity contribution in [2.45, 2.75) is 30.4 Å². The van der Waals surface area contributed by atoms with E-state index in [2.05, 4.69) is 5.32 Å². The van der Waals surface area contributed by atoms with Crippen LogP contribution in [0.2, 0.25) is 15.1 Å². The Morgan fingerprint density at radius 3 is 2.26 bits per heavy atom. The minimum absolute atomic E-state index is 0. The van der Waals surface area contributed by atoms with Crippen molar-refractivity contribution < 1.29 is 22.6 Å². The van der Waals surface area contributed by atoms with Crippen LogP contribution in [0.15, 0.2) is 36.6 Å². The van der Waals surface area contributed by atoms with Gasteiger partial charge in [-0.3, -0.25) is 0 Å². The Hall–Kier alpha value is -1.15. The molecule has 10 heteroatoms. The van der Waals surface area contributed by atoms with E-state index in [4.69, 9.17) is 44.3 Å². The quantitative estimate of drug-likeness (QED) is 0.459. The van der Waals surface area contributed by atoms with E-state index >= 15 is 0 Å². The van der Waals surface area contributed by atoms with Gasteiger partial charge in [0, 0.05) is 25.1 Å². The van der Waals surface area contributed by atoms with Gasteiger partial charge in [-0.25, -0.2) is 0 Å². The van der Waals surface area contributed by atoms with E-state index in [0.29, 0.717) is 17.7 Å². The average molecular weight is 513 g/mol. The van der Waals surface area contributed by atoms with Crippen LogP contribution in [0.1, 0.15) is 28.7 Å². The molecule has 3 heterocycles. The maximum Gasteiger partial charge on any atom is 0.432 e. The average Bonchev–Trinajstić information content (AvgIpc) is 3.27. The Morgan fingerprint density at radius 2 is 1.68 bits per heavy atom. The van der Waals surface area contributed by atoms with Gasteiger partial charge in [-0.15, -0.1) is 12.4 Å². The number of fused-ring (bicyclic) bond motifs is 2. The molecule has 0 amide bonds. The zero-order valence-corrected chi connectivity index (χ0v) is 18.9. The van der Waals surface area contributed by atoms with Crippen molar-refractivity contribution in [3.05, 3.63) is 73.9 Å². The summed E-state index contributed by atoms with van der Waals surface area (Å²) in [6.07, 6.45) is -3.94. The van der Waals surface area contributed by atoms with Gasteiger partial charge in [0.1, 0.15) is 5.60 Å². The van der Waals surface area contributed by atoms with Gasteiger partial charge in [0.25, 0.3) is 0 Å². The van der Waals surface area contributed by atoms with Crippen LogP contribution in [0.5, 0.6) is 0 Å². The molecule has 0 saturated carbocycles. The van der Waals surface area contributed by atoms with Crippen molar-refractivity contribution >= 4 is 52.8 Å². The Bertz CT molecular complexity index is 1060. The maximum atomic E-state index is 14.2. The number of ether oxygens (including phenoxy) is 2. The second kappa shape index (κ2) is 7.72. The SMILES string of the molecule is Cl.FC(F)(F)C1(c2cc(Cl)c(Cl)c(Cl)c2)CC(c2ccc3c(c2)COC32CNC2)=CO1. The number of nitrogens with one attached hydrogen (secondary N) is 1. The molecule has 2 aromatic rings. The third kappa shape index (κ3) is 3.43. The molecule has 3 nitrogen and oxygen atoms in total. The predicted octanol–water partition coefficient (Wildman–Crippen LogP) is 6.62. The van der Waals surface area contributed by atoms with Crippen molar-refractivity contribution in [2.24, 2.45) is 0 Å². The molecule has 3 aliphatic heterocycles. The molecule has 0 aliphatic carbocycles. The summed E-state index contributed by atoms with van der Waals surface area (Å²) in [7, 11) is 0. The lowest BCUT2D eigenvalue weighted by molar-refractivity contribution is -0.260. The standard InChI is InChI=1S/C21H15Cl3F3NO2.ClH/c22-16-4-14(5-17(23)18(16)24)20(21(25,26)27)6-13(8-30-20)11-1-2-15-12(3-11)7-29-19(15)9-28-10-19;/h1-5,8,28H,6-7,9-10H2;1H. The minimum Gasteiger partial charge on any atom is -0.480 e. The summed E-state index contributed by atoms with van der Waals surface area (Å²) in [5.41, 5.74) is 0.0870. The summed E-state index contributed by atoms with van der Waals surface area (Å²) in [6, 6.07) is 7.94. The Morgan fingerprint density at radius 1 is 1.00 bits per heavy atom. The topological polar surface area (TPSA) is 30.5 Å². The van der Waals surface area contributed by atoms with Crippen molar-refractivity contribution in [3.8, 4) is 0 Å². The molecule has 3 aliphatic rings. The number of alkyl halides is 3. The van der Waals surface area contributed by atoms with Crippen molar-refractivity contribution in [1.82, 2.24) is 5.32 Å². The highest BCUT2D eigenvalue weighted by atomic mass is 35.5. The molecule has 1 fully saturated rings.